The largest absolute Gasteiger partial charge is 0.481 e. The fourth-order valence-corrected chi connectivity index (χ4v) is 2.29. The van der Waals surface area contributed by atoms with Crippen LogP contribution in [-0.4, -0.2) is 29.1 Å². The Balaban J connectivity index is 2.73. The van der Waals surface area contributed by atoms with E-state index in [1.165, 1.54) is 0 Å². The van der Waals surface area contributed by atoms with Gasteiger partial charge >= 0.3 is 5.97 Å². The average molecular weight is 242 g/mol. The number of carboxylic acids is 1. The van der Waals surface area contributed by atoms with Gasteiger partial charge in [0.1, 0.15) is 0 Å². The second kappa shape index (κ2) is 5.49. The van der Waals surface area contributed by atoms with E-state index in [9.17, 15) is 14.7 Å². The summed E-state index contributed by atoms with van der Waals surface area (Å²) in [6, 6.07) is -0.853. The smallest absolute Gasteiger partial charge is 0.311 e. The first kappa shape index (κ1) is 14.0. The molecule has 4 N–H and O–H groups in total. The van der Waals surface area contributed by atoms with Crippen LogP contribution in [0.3, 0.4) is 0 Å². The van der Waals surface area contributed by atoms with E-state index in [-0.39, 0.29) is 11.9 Å². The maximum absolute atomic E-state index is 11.7. The van der Waals surface area contributed by atoms with Crippen LogP contribution in [0.25, 0.3) is 0 Å². The van der Waals surface area contributed by atoms with Crippen LogP contribution in [0.4, 0.5) is 0 Å². The van der Waals surface area contributed by atoms with Crippen LogP contribution >= 0.6 is 0 Å². The number of hydrogen-bond acceptors (Lipinski definition) is 3. The van der Waals surface area contributed by atoms with Gasteiger partial charge in [-0.1, -0.05) is 19.8 Å². The highest BCUT2D eigenvalue weighted by atomic mass is 16.4. The highest BCUT2D eigenvalue weighted by molar-refractivity contribution is 5.83. The lowest BCUT2D eigenvalue weighted by Crippen LogP contribution is -2.55. The SMILES string of the molecule is CC[C@H](N)C(=O)NC1CCCCC1(C)C(=O)O. The minimum Gasteiger partial charge on any atom is -0.481 e. The molecule has 1 fully saturated rings. The molecule has 1 amide bonds. The quantitative estimate of drug-likeness (QED) is 0.682. The first-order valence-corrected chi connectivity index (χ1v) is 6.21. The summed E-state index contributed by atoms with van der Waals surface area (Å²) >= 11 is 0. The Bertz CT molecular complexity index is 306. The molecular weight excluding hydrogens is 220 g/mol. The highest BCUT2D eigenvalue weighted by Crippen LogP contribution is 2.36. The lowest BCUT2D eigenvalue weighted by molar-refractivity contribution is -0.152. The van der Waals surface area contributed by atoms with Gasteiger partial charge in [-0.15, -0.1) is 0 Å². The molecule has 0 saturated heterocycles. The molecule has 0 radical (unpaired) electrons. The summed E-state index contributed by atoms with van der Waals surface area (Å²) in [5.41, 5.74) is 4.78. The van der Waals surface area contributed by atoms with Crippen molar-refractivity contribution in [1.29, 1.82) is 0 Å². The van der Waals surface area contributed by atoms with Crippen LogP contribution in [0.15, 0.2) is 0 Å². The standard InChI is InChI=1S/C12H22N2O3/c1-3-8(13)10(15)14-9-6-4-5-7-12(9,2)11(16)17/h8-9H,3-7,13H2,1-2H3,(H,14,15)(H,16,17)/t8-,9?,12?/m0/s1. The molecular formula is C12H22N2O3. The third kappa shape index (κ3) is 2.97. The predicted octanol–water partition coefficient (Wildman–Crippen LogP) is 0.873. The molecule has 5 nitrogen and oxygen atoms in total. The topological polar surface area (TPSA) is 92.4 Å². The molecule has 0 aromatic carbocycles. The maximum Gasteiger partial charge on any atom is 0.311 e. The van der Waals surface area contributed by atoms with Gasteiger partial charge in [-0.3, -0.25) is 9.59 Å². The van der Waals surface area contributed by atoms with Gasteiger partial charge in [0.05, 0.1) is 11.5 Å². The number of nitrogens with one attached hydrogen (secondary N) is 1. The normalized spacial score (nSPS) is 30.6. The number of hydrogen-bond donors (Lipinski definition) is 3. The first-order valence-electron chi connectivity index (χ1n) is 6.21. The highest BCUT2D eigenvalue weighted by Gasteiger charge is 2.44. The van der Waals surface area contributed by atoms with E-state index in [0.717, 1.165) is 12.8 Å². The average Bonchev–Trinajstić information content (AvgIpc) is 2.30. The Morgan fingerprint density at radius 1 is 1.53 bits per heavy atom. The Hall–Kier alpha value is -1.10. The van der Waals surface area contributed by atoms with E-state index in [1.807, 2.05) is 6.92 Å². The van der Waals surface area contributed by atoms with E-state index in [4.69, 9.17) is 5.73 Å². The number of carbonyl (C=O) groups excluding carboxylic acids is 1. The number of nitrogens with two attached hydrogens (primary N) is 1. The zero-order chi connectivity index (χ0) is 13.1. The minimum atomic E-state index is -0.860. The fraction of sp³-hybridized carbons (Fsp3) is 0.833. The van der Waals surface area contributed by atoms with Crippen LogP contribution in [-0.2, 0) is 9.59 Å². The lowest BCUT2D eigenvalue weighted by atomic mass is 9.71. The van der Waals surface area contributed by atoms with Crippen molar-refractivity contribution < 1.29 is 14.7 Å². The van der Waals surface area contributed by atoms with E-state index in [1.54, 1.807) is 6.92 Å². The van der Waals surface area contributed by atoms with Crippen molar-refractivity contribution in [3.63, 3.8) is 0 Å². The third-order valence-electron chi connectivity index (χ3n) is 3.79. The van der Waals surface area contributed by atoms with E-state index >= 15 is 0 Å². The van der Waals surface area contributed by atoms with Gasteiger partial charge in [-0.2, -0.15) is 0 Å². The molecule has 0 heterocycles. The summed E-state index contributed by atoms with van der Waals surface area (Å²) in [5.74, 6) is -1.08. The zero-order valence-corrected chi connectivity index (χ0v) is 10.5. The monoisotopic (exact) mass is 242 g/mol. The van der Waals surface area contributed by atoms with Crippen molar-refractivity contribution in [2.24, 2.45) is 11.1 Å². The Kier molecular flexibility index (Phi) is 4.51. The Morgan fingerprint density at radius 2 is 2.18 bits per heavy atom. The fourth-order valence-electron chi connectivity index (χ4n) is 2.29. The number of amides is 1. The summed E-state index contributed by atoms with van der Waals surface area (Å²) in [5, 5.41) is 12.1. The van der Waals surface area contributed by atoms with Crippen molar-refractivity contribution in [1.82, 2.24) is 5.32 Å². The van der Waals surface area contributed by atoms with Crippen molar-refractivity contribution >= 4 is 11.9 Å². The van der Waals surface area contributed by atoms with Crippen molar-refractivity contribution in [3.05, 3.63) is 0 Å². The number of carboxylic acid groups (broad SMARTS) is 1. The molecule has 0 aromatic heterocycles. The molecule has 2 unspecified atom stereocenters. The minimum absolute atomic E-state index is 0.244. The summed E-state index contributed by atoms with van der Waals surface area (Å²) < 4.78 is 0. The molecule has 0 aliphatic heterocycles. The van der Waals surface area contributed by atoms with Gasteiger partial charge in [-0.05, 0) is 26.2 Å². The second-order valence-corrected chi connectivity index (χ2v) is 5.04. The van der Waals surface area contributed by atoms with Crippen LogP contribution in [0, 0.1) is 5.41 Å². The molecule has 0 aromatic rings. The molecule has 5 heteroatoms. The van der Waals surface area contributed by atoms with Gasteiger partial charge in [0.2, 0.25) is 5.91 Å². The summed E-state index contributed by atoms with van der Waals surface area (Å²) in [6.07, 6.45) is 3.73. The number of rotatable bonds is 4. The van der Waals surface area contributed by atoms with Crippen LogP contribution in [0.2, 0.25) is 0 Å². The van der Waals surface area contributed by atoms with Crippen molar-refractivity contribution in [2.75, 3.05) is 0 Å². The van der Waals surface area contributed by atoms with E-state index in [2.05, 4.69) is 5.32 Å². The van der Waals surface area contributed by atoms with E-state index in [0.29, 0.717) is 19.3 Å². The van der Waals surface area contributed by atoms with Crippen LogP contribution in [0.5, 0.6) is 0 Å². The molecule has 1 rings (SSSR count). The van der Waals surface area contributed by atoms with Crippen molar-refractivity contribution in [3.8, 4) is 0 Å². The van der Waals surface area contributed by atoms with Gasteiger partial charge in [0.25, 0.3) is 0 Å². The zero-order valence-electron chi connectivity index (χ0n) is 10.5. The molecule has 3 atom stereocenters. The third-order valence-corrected chi connectivity index (χ3v) is 3.79. The molecule has 1 saturated carbocycles. The molecule has 1 aliphatic carbocycles. The summed E-state index contributed by atoms with van der Waals surface area (Å²) in [4.78, 5) is 23.0. The van der Waals surface area contributed by atoms with E-state index < -0.39 is 17.4 Å². The maximum atomic E-state index is 11.7. The van der Waals surface area contributed by atoms with Gasteiger partial charge in [0.15, 0.2) is 0 Å². The second-order valence-electron chi connectivity index (χ2n) is 5.04. The Labute approximate surface area is 102 Å². The number of aliphatic carboxylic acids is 1. The molecule has 17 heavy (non-hydrogen) atoms. The molecule has 98 valence electrons. The van der Waals surface area contributed by atoms with Crippen LogP contribution in [0.1, 0.15) is 46.0 Å². The Morgan fingerprint density at radius 3 is 2.71 bits per heavy atom. The summed E-state index contributed by atoms with van der Waals surface area (Å²) in [7, 11) is 0. The van der Waals surface area contributed by atoms with Gasteiger partial charge in [0, 0.05) is 6.04 Å². The molecule has 0 bridgehead atoms. The summed E-state index contributed by atoms with van der Waals surface area (Å²) in [6.45, 7) is 3.54. The predicted molar refractivity (Wildman–Crippen MR) is 64.4 cm³/mol. The van der Waals surface area contributed by atoms with Crippen molar-refractivity contribution in [2.45, 2.75) is 58.0 Å². The number of carbonyl (C=O) groups is 2. The van der Waals surface area contributed by atoms with Gasteiger partial charge in [-0.25, -0.2) is 0 Å². The first-order chi connectivity index (χ1) is 7.91. The van der Waals surface area contributed by atoms with Gasteiger partial charge < -0.3 is 16.2 Å². The van der Waals surface area contributed by atoms with Crippen LogP contribution < -0.4 is 11.1 Å². The lowest BCUT2D eigenvalue weighted by Gasteiger charge is -2.38. The molecule has 0 spiro atoms. The molecule has 1 aliphatic rings.